The van der Waals surface area contributed by atoms with E-state index in [9.17, 15) is 0 Å². The molecule has 0 unspecified atom stereocenters. The van der Waals surface area contributed by atoms with E-state index in [4.69, 9.17) is 4.98 Å². The van der Waals surface area contributed by atoms with E-state index in [1.165, 1.54) is 30.4 Å². The van der Waals surface area contributed by atoms with Crippen LogP contribution in [0, 0.1) is 0 Å². The van der Waals surface area contributed by atoms with Crippen LogP contribution in [0.15, 0.2) is 66.7 Å². The van der Waals surface area contributed by atoms with Gasteiger partial charge in [-0.3, -0.25) is 0 Å². The average Bonchev–Trinajstić information content (AvgIpc) is 3.13. The Labute approximate surface area is 135 Å². The van der Waals surface area contributed by atoms with E-state index < -0.39 is 0 Å². The molecule has 0 saturated carbocycles. The summed E-state index contributed by atoms with van der Waals surface area (Å²) in [5.74, 6) is 0. The summed E-state index contributed by atoms with van der Waals surface area (Å²) in [5.41, 5.74) is 2.35. The Morgan fingerprint density at radius 1 is 0.682 bits per heavy atom. The van der Waals surface area contributed by atoms with Gasteiger partial charge in [-0.05, 0) is 10.8 Å². The molecule has 0 aliphatic carbocycles. The predicted octanol–water partition coefficient (Wildman–Crippen LogP) is 6.33. The van der Waals surface area contributed by atoms with Gasteiger partial charge in [-0.2, -0.15) is 0 Å². The monoisotopic (exact) mass is 317 g/mol. The van der Waals surface area contributed by atoms with Crippen molar-refractivity contribution in [1.82, 2.24) is 4.98 Å². The van der Waals surface area contributed by atoms with Gasteiger partial charge in [0.25, 0.3) is 0 Å². The van der Waals surface area contributed by atoms with Gasteiger partial charge < -0.3 is 0 Å². The molecule has 0 amide bonds. The van der Waals surface area contributed by atoms with E-state index in [1.54, 1.807) is 11.3 Å². The van der Waals surface area contributed by atoms with Gasteiger partial charge in [-0.15, -0.1) is 22.7 Å². The van der Waals surface area contributed by atoms with Crippen LogP contribution in [0.3, 0.4) is 0 Å². The standard InChI is InChI=1S/C19H11NS2/c1-2-7-13(8-3-1)18-20-16-15-11-10-12-6-4-5-9-14(12)17(15)21-19(16)22-18/h1-11H. The highest BCUT2D eigenvalue weighted by atomic mass is 32.2. The molecule has 0 atom stereocenters. The summed E-state index contributed by atoms with van der Waals surface area (Å²) in [6, 6.07) is 23.4. The normalized spacial score (nSPS) is 11.6. The van der Waals surface area contributed by atoms with Crippen molar-refractivity contribution in [3.63, 3.8) is 0 Å². The fourth-order valence-electron chi connectivity index (χ4n) is 2.88. The Balaban J connectivity index is 1.83. The summed E-state index contributed by atoms with van der Waals surface area (Å²) < 4.78 is 2.66. The molecule has 1 nitrogen and oxygen atoms in total. The van der Waals surface area contributed by atoms with E-state index >= 15 is 0 Å². The zero-order chi connectivity index (χ0) is 14.5. The number of aromatic nitrogens is 1. The summed E-state index contributed by atoms with van der Waals surface area (Å²) in [6.45, 7) is 0. The Morgan fingerprint density at radius 2 is 1.50 bits per heavy atom. The number of fused-ring (bicyclic) bond motifs is 5. The minimum absolute atomic E-state index is 1.11. The van der Waals surface area contributed by atoms with Crippen LogP contribution in [-0.2, 0) is 0 Å². The van der Waals surface area contributed by atoms with Gasteiger partial charge in [0.05, 0.1) is 0 Å². The quantitative estimate of drug-likeness (QED) is 0.352. The fourth-order valence-corrected chi connectivity index (χ4v) is 5.36. The molecule has 0 fully saturated rings. The van der Waals surface area contributed by atoms with Gasteiger partial charge in [0, 0.05) is 15.6 Å². The van der Waals surface area contributed by atoms with E-state index in [0.717, 1.165) is 10.5 Å². The minimum atomic E-state index is 1.11. The predicted molar refractivity (Wildman–Crippen MR) is 97.9 cm³/mol. The number of hydrogen-bond acceptors (Lipinski definition) is 3. The summed E-state index contributed by atoms with van der Waals surface area (Å²) in [6.07, 6.45) is 0. The van der Waals surface area contributed by atoms with E-state index in [-0.39, 0.29) is 0 Å². The van der Waals surface area contributed by atoms with Crippen LogP contribution in [0.4, 0.5) is 0 Å². The summed E-state index contributed by atoms with van der Waals surface area (Å²) in [7, 11) is 0. The molecule has 5 rings (SSSR count). The van der Waals surface area contributed by atoms with Gasteiger partial charge in [0.2, 0.25) is 0 Å². The van der Waals surface area contributed by atoms with Crippen molar-refractivity contribution in [2.45, 2.75) is 0 Å². The molecule has 22 heavy (non-hydrogen) atoms. The Bertz CT molecular complexity index is 1120. The zero-order valence-electron chi connectivity index (χ0n) is 11.6. The van der Waals surface area contributed by atoms with Crippen molar-refractivity contribution in [1.29, 1.82) is 0 Å². The SMILES string of the molecule is c1ccc(-c2nc3c(s2)sc2c4ccccc4ccc32)cc1. The van der Waals surface area contributed by atoms with E-state index in [1.807, 2.05) is 17.4 Å². The zero-order valence-corrected chi connectivity index (χ0v) is 13.2. The highest BCUT2D eigenvalue weighted by Gasteiger charge is 2.13. The van der Waals surface area contributed by atoms with Gasteiger partial charge in [0.1, 0.15) is 14.5 Å². The first kappa shape index (κ1) is 12.3. The maximum Gasteiger partial charge on any atom is 0.125 e. The van der Waals surface area contributed by atoms with E-state index in [2.05, 4.69) is 60.7 Å². The molecule has 3 aromatic carbocycles. The third-order valence-corrected chi connectivity index (χ3v) is 6.37. The number of nitrogens with zero attached hydrogens (tertiary/aromatic N) is 1. The summed E-state index contributed by atoms with van der Waals surface area (Å²) in [4.78, 5) is 4.91. The lowest BCUT2D eigenvalue weighted by Crippen LogP contribution is -1.75. The lowest BCUT2D eigenvalue weighted by atomic mass is 10.1. The van der Waals surface area contributed by atoms with Crippen molar-refractivity contribution in [3.05, 3.63) is 66.7 Å². The maximum atomic E-state index is 4.91. The molecule has 5 aromatic rings. The molecule has 0 radical (unpaired) electrons. The number of thiazole rings is 1. The molecule has 0 spiro atoms. The summed E-state index contributed by atoms with van der Waals surface area (Å²) in [5, 5.41) is 5.01. The first-order valence-electron chi connectivity index (χ1n) is 7.16. The Kier molecular flexibility index (Phi) is 2.60. The maximum absolute atomic E-state index is 4.91. The molecule has 2 heterocycles. The van der Waals surface area contributed by atoms with Crippen molar-refractivity contribution < 1.29 is 0 Å². The first-order chi connectivity index (χ1) is 10.9. The number of benzene rings is 3. The molecule has 0 aliphatic rings. The highest BCUT2D eigenvalue weighted by Crippen LogP contribution is 2.42. The third-order valence-electron chi connectivity index (χ3n) is 3.95. The van der Waals surface area contributed by atoms with Crippen LogP contribution in [0.25, 0.3) is 41.0 Å². The van der Waals surface area contributed by atoms with Crippen molar-refractivity contribution in [2.24, 2.45) is 0 Å². The molecule has 0 saturated heterocycles. The van der Waals surface area contributed by atoms with Crippen LogP contribution in [0.2, 0.25) is 0 Å². The molecular weight excluding hydrogens is 306 g/mol. The first-order valence-corrected chi connectivity index (χ1v) is 8.80. The van der Waals surface area contributed by atoms with Crippen LogP contribution in [0.5, 0.6) is 0 Å². The van der Waals surface area contributed by atoms with Crippen molar-refractivity contribution in [3.8, 4) is 10.6 Å². The Hall–Kier alpha value is -2.23. The highest BCUT2D eigenvalue weighted by molar-refractivity contribution is 7.43. The number of rotatable bonds is 1. The fraction of sp³-hybridized carbons (Fsp3) is 0. The molecule has 0 bridgehead atoms. The lowest BCUT2D eigenvalue weighted by Gasteiger charge is -1.98. The van der Waals surface area contributed by atoms with Gasteiger partial charge in [0.15, 0.2) is 0 Å². The third kappa shape index (κ3) is 1.73. The van der Waals surface area contributed by atoms with Gasteiger partial charge in [-0.25, -0.2) is 4.98 Å². The van der Waals surface area contributed by atoms with Crippen molar-refractivity contribution >= 4 is 53.1 Å². The molecule has 2 aromatic heterocycles. The molecular formula is C19H11NS2. The summed E-state index contributed by atoms with van der Waals surface area (Å²) >= 11 is 3.65. The van der Waals surface area contributed by atoms with Crippen LogP contribution in [-0.4, -0.2) is 4.98 Å². The largest absolute Gasteiger partial charge is 0.234 e. The molecule has 0 aliphatic heterocycles. The van der Waals surface area contributed by atoms with Crippen molar-refractivity contribution in [2.75, 3.05) is 0 Å². The number of hydrogen-bond donors (Lipinski definition) is 0. The molecule has 104 valence electrons. The van der Waals surface area contributed by atoms with Gasteiger partial charge >= 0.3 is 0 Å². The smallest absolute Gasteiger partial charge is 0.125 e. The van der Waals surface area contributed by atoms with Crippen LogP contribution < -0.4 is 0 Å². The Morgan fingerprint density at radius 3 is 2.41 bits per heavy atom. The average molecular weight is 317 g/mol. The lowest BCUT2D eigenvalue weighted by molar-refractivity contribution is 1.49. The molecule has 0 N–H and O–H groups in total. The molecule has 3 heteroatoms. The number of thiophene rings is 1. The van der Waals surface area contributed by atoms with Crippen LogP contribution >= 0.6 is 22.7 Å². The second-order valence-electron chi connectivity index (χ2n) is 5.29. The van der Waals surface area contributed by atoms with Crippen LogP contribution in [0.1, 0.15) is 0 Å². The van der Waals surface area contributed by atoms with Gasteiger partial charge in [-0.1, -0.05) is 66.7 Å². The second kappa shape index (κ2) is 4.63. The topological polar surface area (TPSA) is 12.9 Å². The van der Waals surface area contributed by atoms with E-state index in [0.29, 0.717) is 0 Å². The second-order valence-corrected chi connectivity index (χ2v) is 7.56. The minimum Gasteiger partial charge on any atom is -0.234 e.